The van der Waals surface area contributed by atoms with E-state index in [1.807, 2.05) is 25.3 Å². The Balaban J connectivity index is 2.69. The molecule has 0 amide bonds. The van der Waals surface area contributed by atoms with Gasteiger partial charge in [0.1, 0.15) is 0 Å². The molecule has 0 spiro atoms. The van der Waals surface area contributed by atoms with Crippen molar-refractivity contribution in [1.82, 2.24) is 4.57 Å². The molecule has 2 heteroatoms. The van der Waals surface area contributed by atoms with Crippen LogP contribution in [0.25, 0.3) is 17.0 Å². The van der Waals surface area contributed by atoms with Gasteiger partial charge in [-0.2, -0.15) is 0 Å². The van der Waals surface area contributed by atoms with E-state index in [1.54, 1.807) is 13.0 Å². The number of nitrogens with zero attached hydrogens (tertiary/aromatic N) is 1. The summed E-state index contributed by atoms with van der Waals surface area (Å²) in [5, 5.41) is 1.19. The predicted molar refractivity (Wildman–Crippen MR) is 67.4 cm³/mol. The van der Waals surface area contributed by atoms with E-state index in [2.05, 4.69) is 23.6 Å². The number of allylic oxidation sites excluding steroid dienone is 1. The smallest absolute Gasteiger partial charge is 0.152 e. The lowest BCUT2D eigenvalue weighted by Gasteiger charge is -1.97. The van der Waals surface area contributed by atoms with Gasteiger partial charge in [0.2, 0.25) is 0 Å². The first-order valence-corrected chi connectivity index (χ1v) is 5.34. The van der Waals surface area contributed by atoms with Crippen LogP contribution in [0.3, 0.4) is 0 Å². The molecule has 82 valence electrons. The molecule has 2 aromatic rings. The molecule has 0 unspecified atom stereocenters. The maximum absolute atomic E-state index is 11.0. The van der Waals surface area contributed by atoms with Crippen LogP contribution in [0.2, 0.25) is 0 Å². The fraction of sp³-hybridized carbons (Fsp3) is 0.214. The number of benzene rings is 1. The van der Waals surface area contributed by atoms with Gasteiger partial charge in [-0.1, -0.05) is 18.2 Å². The zero-order valence-electron chi connectivity index (χ0n) is 9.82. The van der Waals surface area contributed by atoms with Gasteiger partial charge in [-0.3, -0.25) is 4.79 Å². The SMILES string of the molecule is CC(=O)C=Cc1c(C)n(C)c2ccccc12. The minimum Gasteiger partial charge on any atom is -0.347 e. The number of carbonyl (C=O) groups is 1. The van der Waals surface area contributed by atoms with Crippen molar-refractivity contribution in [3.63, 3.8) is 0 Å². The molecule has 0 fully saturated rings. The summed E-state index contributed by atoms with van der Waals surface area (Å²) in [5.41, 5.74) is 3.51. The van der Waals surface area contributed by atoms with Crippen molar-refractivity contribution < 1.29 is 4.79 Å². The van der Waals surface area contributed by atoms with Crippen molar-refractivity contribution >= 4 is 22.8 Å². The lowest BCUT2D eigenvalue weighted by atomic mass is 10.1. The highest BCUT2D eigenvalue weighted by molar-refractivity contribution is 5.97. The van der Waals surface area contributed by atoms with E-state index in [1.165, 1.54) is 16.6 Å². The molecule has 0 bridgehead atoms. The maximum atomic E-state index is 11.0. The quantitative estimate of drug-likeness (QED) is 0.703. The highest BCUT2D eigenvalue weighted by Gasteiger charge is 2.08. The second kappa shape index (κ2) is 3.97. The summed E-state index contributed by atoms with van der Waals surface area (Å²) in [7, 11) is 2.04. The van der Waals surface area contributed by atoms with E-state index >= 15 is 0 Å². The molecule has 1 aromatic carbocycles. The Labute approximate surface area is 95.2 Å². The van der Waals surface area contributed by atoms with Gasteiger partial charge in [0.25, 0.3) is 0 Å². The van der Waals surface area contributed by atoms with Crippen molar-refractivity contribution in [3.8, 4) is 0 Å². The van der Waals surface area contributed by atoms with Crippen LogP contribution in [-0.4, -0.2) is 10.4 Å². The predicted octanol–water partition coefficient (Wildman–Crippen LogP) is 3.09. The molecular formula is C14H15NO. The second-order valence-corrected chi connectivity index (χ2v) is 4.02. The van der Waals surface area contributed by atoms with Crippen LogP contribution in [0.4, 0.5) is 0 Å². The molecule has 0 aliphatic carbocycles. The molecule has 0 radical (unpaired) electrons. The second-order valence-electron chi connectivity index (χ2n) is 4.02. The first-order chi connectivity index (χ1) is 7.61. The van der Waals surface area contributed by atoms with Gasteiger partial charge in [0.15, 0.2) is 5.78 Å². The van der Waals surface area contributed by atoms with E-state index in [9.17, 15) is 4.79 Å². The first-order valence-electron chi connectivity index (χ1n) is 5.34. The molecule has 0 saturated heterocycles. The minimum absolute atomic E-state index is 0.0762. The fourth-order valence-electron chi connectivity index (χ4n) is 1.96. The molecule has 0 N–H and O–H groups in total. The van der Waals surface area contributed by atoms with Crippen LogP contribution in [0.5, 0.6) is 0 Å². The van der Waals surface area contributed by atoms with Gasteiger partial charge < -0.3 is 4.57 Å². The van der Waals surface area contributed by atoms with E-state index in [4.69, 9.17) is 0 Å². The van der Waals surface area contributed by atoms with Crippen LogP contribution in [-0.2, 0) is 11.8 Å². The Morgan fingerprint density at radius 1 is 1.31 bits per heavy atom. The lowest BCUT2D eigenvalue weighted by Crippen LogP contribution is -1.90. The lowest BCUT2D eigenvalue weighted by molar-refractivity contribution is -0.112. The highest BCUT2D eigenvalue weighted by Crippen LogP contribution is 2.25. The summed E-state index contributed by atoms with van der Waals surface area (Å²) in [6, 6.07) is 8.22. The monoisotopic (exact) mass is 213 g/mol. The third-order valence-electron chi connectivity index (χ3n) is 2.93. The van der Waals surface area contributed by atoms with Crippen LogP contribution >= 0.6 is 0 Å². The largest absolute Gasteiger partial charge is 0.347 e. The average Bonchev–Trinajstić information content (AvgIpc) is 2.50. The number of aromatic nitrogens is 1. The van der Waals surface area contributed by atoms with Crippen molar-refractivity contribution in [1.29, 1.82) is 0 Å². The van der Waals surface area contributed by atoms with Crippen molar-refractivity contribution in [2.75, 3.05) is 0 Å². The van der Waals surface area contributed by atoms with Gasteiger partial charge >= 0.3 is 0 Å². The van der Waals surface area contributed by atoms with Crippen LogP contribution in [0, 0.1) is 6.92 Å². The fourth-order valence-corrected chi connectivity index (χ4v) is 1.96. The van der Waals surface area contributed by atoms with Crippen molar-refractivity contribution in [2.24, 2.45) is 7.05 Å². The number of hydrogen-bond acceptors (Lipinski definition) is 1. The molecule has 0 aliphatic rings. The van der Waals surface area contributed by atoms with E-state index in [0.717, 1.165) is 5.56 Å². The molecule has 0 saturated carbocycles. The number of ketones is 1. The molecule has 1 heterocycles. The van der Waals surface area contributed by atoms with E-state index in [0.29, 0.717) is 0 Å². The Bertz CT molecular complexity index is 576. The minimum atomic E-state index is 0.0762. The Kier molecular flexibility index (Phi) is 2.65. The number of aryl methyl sites for hydroxylation is 1. The zero-order valence-corrected chi connectivity index (χ0v) is 9.82. The molecule has 0 atom stereocenters. The zero-order chi connectivity index (χ0) is 11.7. The summed E-state index contributed by atoms with van der Waals surface area (Å²) in [4.78, 5) is 11.0. The van der Waals surface area contributed by atoms with Crippen molar-refractivity contribution in [2.45, 2.75) is 13.8 Å². The summed E-state index contributed by atoms with van der Waals surface area (Å²) in [5.74, 6) is 0.0762. The molecular weight excluding hydrogens is 198 g/mol. The van der Waals surface area contributed by atoms with Gasteiger partial charge in [-0.25, -0.2) is 0 Å². The molecule has 16 heavy (non-hydrogen) atoms. The van der Waals surface area contributed by atoms with Crippen LogP contribution < -0.4 is 0 Å². The number of rotatable bonds is 2. The molecule has 1 aromatic heterocycles. The maximum Gasteiger partial charge on any atom is 0.152 e. The first kappa shape index (κ1) is 10.7. The Morgan fingerprint density at radius 3 is 2.69 bits per heavy atom. The summed E-state index contributed by atoms with van der Waals surface area (Å²) in [6.45, 7) is 3.64. The third-order valence-corrected chi connectivity index (χ3v) is 2.93. The summed E-state index contributed by atoms with van der Waals surface area (Å²) in [6.07, 6.45) is 3.52. The number of para-hydroxylation sites is 1. The van der Waals surface area contributed by atoms with Crippen LogP contribution in [0.1, 0.15) is 18.2 Å². The number of fused-ring (bicyclic) bond motifs is 1. The molecule has 2 rings (SSSR count). The standard InChI is InChI=1S/C14H15NO/c1-10(16)8-9-12-11(2)15(3)14-7-5-4-6-13(12)14/h4-9H,1-3H3. The van der Waals surface area contributed by atoms with E-state index < -0.39 is 0 Å². The van der Waals surface area contributed by atoms with Gasteiger partial charge in [0, 0.05) is 29.2 Å². The van der Waals surface area contributed by atoms with Crippen LogP contribution in [0.15, 0.2) is 30.3 Å². The van der Waals surface area contributed by atoms with E-state index in [-0.39, 0.29) is 5.78 Å². The van der Waals surface area contributed by atoms with Gasteiger partial charge in [-0.05, 0) is 32.1 Å². The highest BCUT2D eigenvalue weighted by atomic mass is 16.1. The third kappa shape index (κ3) is 1.67. The number of carbonyl (C=O) groups excluding carboxylic acids is 1. The van der Waals surface area contributed by atoms with Crippen molar-refractivity contribution in [3.05, 3.63) is 41.6 Å². The van der Waals surface area contributed by atoms with Gasteiger partial charge in [-0.15, -0.1) is 0 Å². The average molecular weight is 213 g/mol. The molecule has 0 aliphatic heterocycles. The normalized spacial score (nSPS) is 11.4. The summed E-state index contributed by atoms with van der Waals surface area (Å²) < 4.78 is 2.15. The molecule has 2 nitrogen and oxygen atoms in total. The van der Waals surface area contributed by atoms with Gasteiger partial charge in [0.05, 0.1) is 0 Å². The summed E-state index contributed by atoms with van der Waals surface area (Å²) >= 11 is 0. The Morgan fingerprint density at radius 2 is 2.00 bits per heavy atom. The topological polar surface area (TPSA) is 22.0 Å². The Hall–Kier alpha value is -1.83. The number of hydrogen-bond donors (Lipinski definition) is 0.